The minimum absolute atomic E-state index is 0.0259. The van der Waals surface area contributed by atoms with Gasteiger partial charge in [-0.05, 0) is 37.3 Å². The fourth-order valence-electron chi connectivity index (χ4n) is 3.14. The van der Waals surface area contributed by atoms with Gasteiger partial charge in [0.05, 0.1) is 0 Å². The van der Waals surface area contributed by atoms with E-state index in [9.17, 15) is 27.6 Å². The molecule has 9 heteroatoms. The molecule has 2 fully saturated rings. The number of hydrogen-bond donors (Lipinski definition) is 2. The van der Waals surface area contributed by atoms with E-state index in [2.05, 4.69) is 5.32 Å². The Bertz CT molecular complexity index is 756. The lowest BCUT2D eigenvalue weighted by Gasteiger charge is -2.19. The largest absolute Gasteiger partial charge is 0.351 e. The maximum Gasteiger partial charge on any atom is 0.295 e. The molecule has 2 amide bonds. The van der Waals surface area contributed by atoms with Crippen molar-refractivity contribution >= 4 is 17.6 Å². The number of nitrogens with one attached hydrogen (secondary N) is 1. The lowest BCUT2D eigenvalue weighted by Crippen LogP contribution is -2.40. The summed E-state index contributed by atoms with van der Waals surface area (Å²) in [4.78, 5) is 35.3. The normalized spacial score (nSPS) is 19.1. The van der Waals surface area contributed by atoms with Crippen molar-refractivity contribution in [1.29, 1.82) is 0 Å². The van der Waals surface area contributed by atoms with Gasteiger partial charge in [0.25, 0.3) is 6.43 Å². The van der Waals surface area contributed by atoms with Gasteiger partial charge in [-0.1, -0.05) is 18.2 Å². The first-order valence-corrected chi connectivity index (χ1v) is 10.0. The van der Waals surface area contributed by atoms with E-state index in [4.69, 9.17) is 5.73 Å². The van der Waals surface area contributed by atoms with Crippen LogP contribution in [0.4, 0.5) is 13.2 Å². The molecule has 1 aromatic rings. The van der Waals surface area contributed by atoms with Crippen molar-refractivity contribution in [2.75, 3.05) is 13.1 Å². The third kappa shape index (κ3) is 7.78. The standard InChI is InChI=1S/C18H24FN3O2.C3H4F2O/c19-16-4-2-1-3-13(16)9-14(20)10-17(23)22-8-7-15(11-22)21-18(24)12-5-6-12;1-2(6)3(4)5/h1-4,12,14-15H,5-11,20H2,(H,21,24);3H,1H3. The Labute approximate surface area is 174 Å². The molecule has 1 heterocycles. The molecule has 2 unspecified atom stereocenters. The van der Waals surface area contributed by atoms with Gasteiger partial charge in [0, 0.05) is 44.4 Å². The highest BCUT2D eigenvalue weighted by Crippen LogP contribution is 2.29. The second kappa shape index (κ2) is 11.1. The molecule has 1 aromatic carbocycles. The number of nitrogens with zero attached hydrogens (tertiary/aromatic N) is 1. The number of nitrogens with two attached hydrogens (primary N) is 1. The van der Waals surface area contributed by atoms with Gasteiger partial charge in [-0.3, -0.25) is 14.4 Å². The third-order valence-corrected chi connectivity index (χ3v) is 5.02. The van der Waals surface area contributed by atoms with Crippen molar-refractivity contribution in [1.82, 2.24) is 10.2 Å². The van der Waals surface area contributed by atoms with Gasteiger partial charge in [0.15, 0.2) is 5.78 Å². The molecule has 166 valence electrons. The zero-order valence-corrected chi connectivity index (χ0v) is 17.0. The molecule has 0 aromatic heterocycles. The van der Waals surface area contributed by atoms with Gasteiger partial charge >= 0.3 is 0 Å². The maximum absolute atomic E-state index is 13.6. The molecule has 0 bridgehead atoms. The van der Waals surface area contributed by atoms with E-state index in [0.29, 0.717) is 25.1 Å². The van der Waals surface area contributed by atoms with Crippen LogP contribution in [-0.4, -0.2) is 54.1 Å². The number of hydrogen-bond acceptors (Lipinski definition) is 4. The van der Waals surface area contributed by atoms with Crippen LogP contribution >= 0.6 is 0 Å². The Morgan fingerprint density at radius 2 is 1.83 bits per heavy atom. The van der Waals surface area contributed by atoms with Crippen LogP contribution < -0.4 is 11.1 Å². The number of carbonyl (C=O) groups is 3. The molecular formula is C21H28F3N3O3. The van der Waals surface area contributed by atoms with Gasteiger partial charge in [-0.2, -0.15) is 0 Å². The molecule has 1 saturated heterocycles. The minimum atomic E-state index is -2.79. The first-order chi connectivity index (χ1) is 14.2. The Morgan fingerprint density at radius 3 is 2.40 bits per heavy atom. The average Bonchev–Trinajstić information content (AvgIpc) is 3.43. The number of likely N-dealkylation sites (tertiary alicyclic amines) is 1. The van der Waals surface area contributed by atoms with Crippen LogP contribution in [0, 0.1) is 11.7 Å². The number of carbonyl (C=O) groups excluding carboxylic acids is 3. The fraction of sp³-hybridized carbons (Fsp3) is 0.571. The molecule has 6 nitrogen and oxygen atoms in total. The minimum Gasteiger partial charge on any atom is -0.351 e. The van der Waals surface area contributed by atoms with Crippen LogP contribution in [-0.2, 0) is 20.8 Å². The number of rotatable bonds is 7. The van der Waals surface area contributed by atoms with E-state index in [0.717, 1.165) is 26.2 Å². The molecule has 3 N–H and O–H groups in total. The molecular weight excluding hydrogens is 399 g/mol. The van der Waals surface area contributed by atoms with Crippen molar-refractivity contribution in [3.8, 4) is 0 Å². The first-order valence-electron chi connectivity index (χ1n) is 10.0. The molecule has 1 aliphatic carbocycles. The summed E-state index contributed by atoms with van der Waals surface area (Å²) in [5.41, 5.74) is 6.56. The summed E-state index contributed by atoms with van der Waals surface area (Å²) in [6.45, 7) is 2.04. The molecule has 0 spiro atoms. The maximum atomic E-state index is 13.6. The lowest BCUT2D eigenvalue weighted by atomic mass is 10.0. The molecule has 1 aliphatic heterocycles. The second-order valence-corrected chi connectivity index (χ2v) is 7.78. The highest BCUT2D eigenvalue weighted by Gasteiger charge is 2.33. The van der Waals surface area contributed by atoms with Crippen LogP contribution in [0.5, 0.6) is 0 Å². The van der Waals surface area contributed by atoms with E-state index >= 15 is 0 Å². The van der Waals surface area contributed by atoms with Crippen LogP contribution in [0.1, 0.15) is 38.2 Å². The van der Waals surface area contributed by atoms with Crippen molar-refractivity contribution in [3.05, 3.63) is 35.6 Å². The van der Waals surface area contributed by atoms with Crippen LogP contribution in [0.2, 0.25) is 0 Å². The number of alkyl halides is 2. The summed E-state index contributed by atoms with van der Waals surface area (Å²) in [5, 5.41) is 3.01. The summed E-state index contributed by atoms with van der Waals surface area (Å²) in [6.07, 6.45) is 0.487. The first kappa shape index (κ1) is 23.9. The summed E-state index contributed by atoms with van der Waals surface area (Å²) in [7, 11) is 0. The number of ketones is 1. The molecule has 3 rings (SSSR count). The van der Waals surface area contributed by atoms with Crippen molar-refractivity contribution < 1.29 is 27.6 Å². The molecule has 30 heavy (non-hydrogen) atoms. The quantitative estimate of drug-likeness (QED) is 0.697. The average molecular weight is 427 g/mol. The van der Waals surface area contributed by atoms with Crippen molar-refractivity contribution in [2.45, 2.75) is 57.5 Å². The molecule has 0 radical (unpaired) electrons. The van der Waals surface area contributed by atoms with E-state index in [1.165, 1.54) is 6.07 Å². The van der Waals surface area contributed by atoms with Gasteiger partial charge in [0.1, 0.15) is 5.82 Å². The number of benzene rings is 1. The van der Waals surface area contributed by atoms with Crippen LogP contribution in [0.3, 0.4) is 0 Å². The number of Topliss-reactive ketones (excluding diaryl/α,β-unsaturated/α-hetero) is 1. The zero-order valence-electron chi connectivity index (χ0n) is 17.0. The van der Waals surface area contributed by atoms with Gasteiger partial charge in [-0.25, -0.2) is 13.2 Å². The SMILES string of the molecule is CC(=O)C(F)F.NC(CC(=O)N1CCC(NC(=O)C2CC2)C1)Cc1ccccc1F. The summed E-state index contributed by atoms with van der Waals surface area (Å²) < 4.78 is 35.3. The van der Waals surface area contributed by atoms with Gasteiger partial charge in [0.2, 0.25) is 11.8 Å². The summed E-state index contributed by atoms with van der Waals surface area (Å²) in [6, 6.07) is 6.13. The highest BCUT2D eigenvalue weighted by molar-refractivity contribution is 5.81. The predicted octanol–water partition coefficient (Wildman–Crippen LogP) is 2.05. The van der Waals surface area contributed by atoms with Crippen LogP contribution in [0.15, 0.2) is 24.3 Å². The monoisotopic (exact) mass is 427 g/mol. The van der Waals surface area contributed by atoms with E-state index in [1.807, 2.05) is 0 Å². The third-order valence-electron chi connectivity index (χ3n) is 5.02. The Balaban J connectivity index is 0.000000469. The van der Waals surface area contributed by atoms with E-state index in [1.54, 1.807) is 23.1 Å². The highest BCUT2D eigenvalue weighted by atomic mass is 19.3. The van der Waals surface area contributed by atoms with E-state index < -0.39 is 18.3 Å². The molecule has 1 saturated carbocycles. The second-order valence-electron chi connectivity index (χ2n) is 7.78. The molecule has 2 aliphatic rings. The number of amides is 2. The number of halogens is 3. The lowest BCUT2D eigenvalue weighted by molar-refractivity contribution is -0.131. The summed E-state index contributed by atoms with van der Waals surface area (Å²) >= 11 is 0. The smallest absolute Gasteiger partial charge is 0.295 e. The van der Waals surface area contributed by atoms with Crippen LogP contribution in [0.25, 0.3) is 0 Å². The molecule has 2 atom stereocenters. The van der Waals surface area contributed by atoms with Gasteiger partial charge in [-0.15, -0.1) is 0 Å². The Kier molecular flexibility index (Phi) is 8.83. The fourth-order valence-corrected chi connectivity index (χ4v) is 3.14. The van der Waals surface area contributed by atoms with Crippen molar-refractivity contribution in [2.24, 2.45) is 11.7 Å². The van der Waals surface area contributed by atoms with Gasteiger partial charge < -0.3 is 16.0 Å². The Hall–Kier alpha value is -2.42. The Morgan fingerprint density at radius 1 is 1.20 bits per heavy atom. The van der Waals surface area contributed by atoms with E-state index in [-0.39, 0.29) is 36.0 Å². The summed E-state index contributed by atoms with van der Waals surface area (Å²) in [5.74, 6) is -1.09. The van der Waals surface area contributed by atoms with Crippen molar-refractivity contribution in [3.63, 3.8) is 0 Å². The zero-order chi connectivity index (χ0) is 22.3. The predicted molar refractivity (Wildman–Crippen MR) is 105 cm³/mol. The topological polar surface area (TPSA) is 92.5 Å².